The highest BCUT2D eigenvalue weighted by atomic mass is 19.2. The van der Waals surface area contributed by atoms with Crippen LogP contribution in [0.15, 0.2) is 60.2 Å². The molecule has 2 N–H and O–H groups in total. The van der Waals surface area contributed by atoms with Crippen molar-refractivity contribution >= 4 is 11.7 Å². The van der Waals surface area contributed by atoms with Gasteiger partial charge in [-0.2, -0.15) is 0 Å². The number of ether oxygens (including phenoxy) is 2. The quantitative estimate of drug-likeness (QED) is 0.184. The Morgan fingerprint density at radius 2 is 1.44 bits per heavy atom. The maximum Gasteiger partial charge on any atom is 0.227 e. The van der Waals surface area contributed by atoms with Gasteiger partial charge >= 0.3 is 0 Å². The predicted molar refractivity (Wildman–Crippen MR) is 220 cm³/mol. The Morgan fingerprint density at radius 1 is 0.780 bits per heavy atom. The summed E-state index contributed by atoms with van der Waals surface area (Å²) in [5.74, 6) is 0.873. The molecular weight excluding hydrogens is 749 g/mol. The fourth-order valence-corrected chi connectivity index (χ4v) is 16.1. The Hall–Kier alpha value is -3.56. The number of rotatable bonds is 10. The number of hydrogen-bond donors (Lipinski definition) is 2. The second kappa shape index (κ2) is 13.5. The van der Waals surface area contributed by atoms with Crippen molar-refractivity contribution in [3.8, 4) is 11.5 Å². The van der Waals surface area contributed by atoms with Gasteiger partial charge in [-0.1, -0.05) is 38.1 Å². The molecule has 316 valence electrons. The molecule has 59 heavy (non-hydrogen) atoms. The number of aliphatic hydroxyl groups is 2. The summed E-state index contributed by atoms with van der Waals surface area (Å²) in [6, 6.07) is 9.07. The summed E-state index contributed by atoms with van der Waals surface area (Å²) in [7, 11) is 3.20. The van der Waals surface area contributed by atoms with Gasteiger partial charge in [0.25, 0.3) is 0 Å². The Balaban J connectivity index is 1.03. The lowest BCUT2D eigenvalue weighted by atomic mass is 9.32. The van der Waals surface area contributed by atoms with E-state index in [0.717, 1.165) is 56.2 Å². The average molecular weight is 810 g/mol. The van der Waals surface area contributed by atoms with Crippen molar-refractivity contribution in [3.05, 3.63) is 83.0 Å². The van der Waals surface area contributed by atoms with Crippen LogP contribution in [0.3, 0.4) is 0 Å². The van der Waals surface area contributed by atoms with Gasteiger partial charge in [0.2, 0.25) is 5.91 Å². The van der Waals surface area contributed by atoms with Crippen molar-refractivity contribution < 1.29 is 38.1 Å². The molecule has 0 heterocycles. The lowest BCUT2D eigenvalue weighted by Crippen LogP contribution is -2.67. The van der Waals surface area contributed by atoms with Crippen LogP contribution in [0.2, 0.25) is 0 Å². The zero-order valence-corrected chi connectivity index (χ0v) is 35.2. The molecule has 8 unspecified atom stereocenters. The van der Waals surface area contributed by atoms with Crippen LogP contribution in [-0.4, -0.2) is 65.8 Å². The van der Waals surface area contributed by atoms with E-state index in [1.165, 1.54) is 25.3 Å². The fourth-order valence-electron chi connectivity index (χ4n) is 16.1. The highest BCUT2D eigenvalue weighted by molar-refractivity contribution is 6.10. The number of carbonyl (C=O) groups excluding carboxylic acids is 2. The standard InChI is InChI=1S/C50H61F2NO6/c1-45-12-9-35(54)26-48(45)15-16-50(36(27-48)44(56)34-6-7-37(51)38(52)22-34)41(45)10-13-46(2)42(50)11-14-49(46,57)29-53(28-47-23-31-17-32(24-47)19-33(18-31)25-47)43(55)21-30-5-8-39(58-3)40(20-30)59-4/h5-8,15-16,20,22,27,31-33,35,41-42,54,57H,9-14,17-19,21,23-26,28-29H2,1-4H3. The molecule has 2 aromatic carbocycles. The third kappa shape index (κ3) is 5.67. The predicted octanol–water partition coefficient (Wildman–Crippen LogP) is 9.04. The van der Waals surface area contributed by atoms with Gasteiger partial charge in [0.1, 0.15) is 0 Å². The van der Waals surface area contributed by atoms with E-state index >= 15 is 0 Å². The monoisotopic (exact) mass is 809 g/mol. The molecule has 0 saturated heterocycles. The Labute approximate surface area is 347 Å². The second-order valence-corrected chi connectivity index (χ2v) is 21.3. The Morgan fingerprint density at radius 3 is 2.12 bits per heavy atom. The van der Waals surface area contributed by atoms with Crippen LogP contribution in [-0.2, 0) is 11.2 Å². The number of aliphatic hydroxyl groups excluding tert-OH is 1. The molecule has 0 radical (unpaired) electrons. The summed E-state index contributed by atoms with van der Waals surface area (Å²) >= 11 is 0. The first-order chi connectivity index (χ1) is 28.1. The van der Waals surface area contributed by atoms with Crippen LogP contribution in [0, 0.1) is 68.3 Å². The van der Waals surface area contributed by atoms with E-state index in [1.54, 1.807) is 14.2 Å². The van der Waals surface area contributed by atoms with Crippen molar-refractivity contribution in [1.82, 2.24) is 4.90 Å². The van der Waals surface area contributed by atoms with Gasteiger partial charge in [-0.3, -0.25) is 9.59 Å². The van der Waals surface area contributed by atoms with E-state index in [2.05, 4.69) is 32.1 Å². The van der Waals surface area contributed by atoms with E-state index in [0.29, 0.717) is 67.1 Å². The molecule has 1 amide bonds. The smallest absolute Gasteiger partial charge is 0.227 e. The molecule has 6 bridgehead atoms. The van der Waals surface area contributed by atoms with Crippen molar-refractivity contribution in [3.63, 3.8) is 0 Å². The second-order valence-electron chi connectivity index (χ2n) is 21.3. The maximum absolute atomic E-state index is 14.9. The first kappa shape index (κ1) is 39.6. The number of nitrogens with zero attached hydrogens (tertiary/aromatic N) is 1. The van der Waals surface area contributed by atoms with E-state index in [-0.39, 0.29) is 52.9 Å². The first-order valence-electron chi connectivity index (χ1n) is 22.4. The first-order valence-corrected chi connectivity index (χ1v) is 22.4. The number of carbonyl (C=O) groups is 2. The van der Waals surface area contributed by atoms with Crippen molar-refractivity contribution in [2.75, 3.05) is 27.3 Å². The molecule has 9 heteroatoms. The van der Waals surface area contributed by atoms with Crippen molar-refractivity contribution in [2.24, 2.45) is 56.7 Å². The minimum atomic E-state index is -1.23. The molecule has 7 nitrogen and oxygen atoms in total. The molecule has 0 aromatic heterocycles. The van der Waals surface area contributed by atoms with Gasteiger partial charge in [0.05, 0.1) is 32.3 Å². The molecule has 2 spiro atoms. The van der Waals surface area contributed by atoms with Crippen molar-refractivity contribution in [1.29, 1.82) is 0 Å². The molecule has 8 atom stereocenters. The molecule has 0 aliphatic heterocycles. The normalized spacial score (nSPS) is 42.1. The number of benzene rings is 2. The molecule has 7 fully saturated rings. The number of ketones is 1. The number of hydrogen-bond acceptors (Lipinski definition) is 6. The number of Topliss-reactive ketones (excluding diaryl/α,β-unsaturated/α-hetero) is 1. The van der Waals surface area contributed by atoms with Crippen LogP contribution in [0.1, 0.15) is 113 Å². The molecule has 7 saturated carbocycles. The number of amides is 1. The topological polar surface area (TPSA) is 96.3 Å². The number of methoxy groups -OCH3 is 2. The van der Waals surface area contributed by atoms with Crippen LogP contribution in [0.25, 0.3) is 0 Å². The van der Waals surface area contributed by atoms with Crippen LogP contribution < -0.4 is 9.47 Å². The minimum Gasteiger partial charge on any atom is -0.493 e. The SMILES string of the molecule is COc1ccc(CC(=O)N(CC23CC4CC(CC(C4)C2)C3)CC2(O)CCC3C45C=CC6(C=C4C(=O)c4ccc(F)c(F)c4)CC(O)CCC6(C)C5CCC32C)cc1OC. The molecule has 10 aliphatic rings. The van der Waals surface area contributed by atoms with Crippen LogP contribution in [0.5, 0.6) is 11.5 Å². The van der Waals surface area contributed by atoms with Gasteiger partial charge in [0, 0.05) is 40.5 Å². The molecule has 12 rings (SSSR count). The number of halogens is 2. The lowest BCUT2D eigenvalue weighted by molar-refractivity contribution is -0.181. The number of fused-ring (bicyclic) bond motifs is 1. The van der Waals surface area contributed by atoms with E-state index in [1.807, 2.05) is 23.1 Å². The highest BCUT2D eigenvalue weighted by Crippen LogP contribution is 2.78. The minimum absolute atomic E-state index is 0.00248. The number of allylic oxidation sites excluding steroid dienone is 4. The van der Waals surface area contributed by atoms with E-state index in [4.69, 9.17) is 9.47 Å². The average Bonchev–Trinajstić information content (AvgIpc) is 3.47. The molecule has 2 aromatic rings. The van der Waals surface area contributed by atoms with E-state index in [9.17, 15) is 28.6 Å². The largest absolute Gasteiger partial charge is 0.493 e. The zero-order chi connectivity index (χ0) is 41.3. The van der Waals surface area contributed by atoms with Gasteiger partial charge in [0.15, 0.2) is 28.9 Å². The third-order valence-corrected chi connectivity index (χ3v) is 18.4. The molecule has 10 aliphatic carbocycles. The summed E-state index contributed by atoms with van der Waals surface area (Å²) in [6.45, 7) is 5.40. The van der Waals surface area contributed by atoms with E-state index < -0.39 is 39.6 Å². The Kier molecular flexibility index (Phi) is 9.03. The highest BCUT2D eigenvalue weighted by Gasteiger charge is 2.74. The maximum atomic E-state index is 14.9. The summed E-state index contributed by atoms with van der Waals surface area (Å²) in [6.07, 6.45) is 18.3. The summed E-state index contributed by atoms with van der Waals surface area (Å²) in [4.78, 5) is 31.9. The van der Waals surface area contributed by atoms with Crippen molar-refractivity contribution in [2.45, 2.75) is 115 Å². The summed E-state index contributed by atoms with van der Waals surface area (Å²) in [5.41, 5.74) is -1.83. The zero-order valence-electron chi connectivity index (χ0n) is 35.2. The molecular formula is C50H61F2NO6. The van der Waals surface area contributed by atoms with Gasteiger partial charge < -0.3 is 24.6 Å². The van der Waals surface area contributed by atoms with Crippen LogP contribution in [0.4, 0.5) is 8.78 Å². The van der Waals surface area contributed by atoms with Crippen LogP contribution >= 0.6 is 0 Å². The summed E-state index contributed by atoms with van der Waals surface area (Å²) in [5, 5.41) is 24.5. The van der Waals surface area contributed by atoms with Gasteiger partial charge in [-0.25, -0.2) is 8.78 Å². The Bertz CT molecular complexity index is 2110. The third-order valence-electron chi connectivity index (χ3n) is 18.4. The van der Waals surface area contributed by atoms with Gasteiger partial charge in [-0.05, 0) is 160 Å². The summed E-state index contributed by atoms with van der Waals surface area (Å²) < 4.78 is 40.1. The van der Waals surface area contributed by atoms with Gasteiger partial charge in [-0.15, -0.1) is 0 Å². The fraction of sp³-hybridized carbons (Fsp3) is 0.640. The lowest BCUT2D eigenvalue weighted by Gasteiger charge is -2.71.